The van der Waals surface area contributed by atoms with Gasteiger partial charge in [0.15, 0.2) is 5.78 Å². The molecule has 0 aliphatic rings. The SMILES string of the molecule is CCC(CSC)N(C)c1ccc(C(C)=O)cn1. The fraction of sp³-hybridized carbons (Fsp3) is 0.538. The van der Waals surface area contributed by atoms with E-state index in [2.05, 4.69) is 30.1 Å². The largest absolute Gasteiger partial charge is 0.356 e. The van der Waals surface area contributed by atoms with Crippen molar-refractivity contribution in [2.45, 2.75) is 26.3 Å². The number of nitrogens with zero attached hydrogens (tertiary/aromatic N) is 2. The topological polar surface area (TPSA) is 33.2 Å². The summed E-state index contributed by atoms with van der Waals surface area (Å²) in [7, 11) is 2.06. The fourth-order valence-electron chi connectivity index (χ4n) is 1.69. The number of aromatic nitrogens is 1. The normalized spacial score (nSPS) is 12.2. The van der Waals surface area contributed by atoms with Crippen molar-refractivity contribution in [1.82, 2.24) is 4.98 Å². The first-order valence-electron chi connectivity index (χ1n) is 5.78. The Labute approximate surface area is 108 Å². The first kappa shape index (κ1) is 14.0. The van der Waals surface area contributed by atoms with Gasteiger partial charge in [-0.15, -0.1) is 0 Å². The Bertz CT molecular complexity index is 364. The fourth-order valence-corrected chi connectivity index (χ4v) is 2.53. The molecule has 94 valence electrons. The number of pyridine rings is 1. The van der Waals surface area contributed by atoms with Crippen LogP contribution in [0.3, 0.4) is 0 Å². The third-order valence-corrected chi connectivity index (χ3v) is 3.61. The van der Waals surface area contributed by atoms with Crippen LogP contribution in [-0.4, -0.2) is 35.9 Å². The highest BCUT2D eigenvalue weighted by Crippen LogP contribution is 2.16. The van der Waals surface area contributed by atoms with Crippen LogP contribution in [0.1, 0.15) is 30.6 Å². The molecule has 0 saturated heterocycles. The molecule has 1 atom stereocenters. The molecule has 0 saturated carbocycles. The molecule has 0 amide bonds. The van der Waals surface area contributed by atoms with E-state index in [-0.39, 0.29) is 5.78 Å². The van der Waals surface area contributed by atoms with E-state index in [1.807, 2.05) is 23.9 Å². The number of carbonyl (C=O) groups is 1. The van der Waals surface area contributed by atoms with Gasteiger partial charge in [0.2, 0.25) is 0 Å². The van der Waals surface area contributed by atoms with E-state index in [9.17, 15) is 4.79 Å². The first-order chi connectivity index (χ1) is 8.10. The smallest absolute Gasteiger partial charge is 0.161 e. The highest BCUT2D eigenvalue weighted by atomic mass is 32.2. The number of thioether (sulfide) groups is 1. The molecule has 0 radical (unpaired) electrons. The van der Waals surface area contributed by atoms with E-state index in [0.717, 1.165) is 18.0 Å². The summed E-state index contributed by atoms with van der Waals surface area (Å²) >= 11 is 1.84. The third-order valence-electron chi connectivity index (χ3n) is 2.89. The van der Waals surface area contributed by atoms with Crippen LogP contribution in [0.2, 0.25) is 0 Å². The molecule has 0 bridgehead atoms. The summed E-state index contributed by atoms with van der Waals surface area (Å²) in [5.74, 6) is 2.07. The Hall–Kier alpha value is -1.03. The first-order valence-corrected chi connectivity index (χ1v) is 7.18. The van der Waals surface area contributed by atoms with E-state index < -0.39 is 0 Å². The second-order valence-corrected chi connectivity index (χ2v) is 5.00. The lowest BCUT2D eigenvalue weighted by atomic mass is 10.2. The Kier molecular flexibility index (Phi) is 5.48. The van der Waals surface area contributed by atoms with Crippen LogP contribution in [0.15, 0.2) is 18.3 Å². The minimum absolute atomic E-state index is 0.0582. The quantitative estimate of drug-likeness (QED) is 0.729. The van der Waals surface area contributed by atoms with Crippen LogP contribution < -0.4 is 4.90 Å². The maximum absolute atomic E-state index is 11.2. The molecule has 1 heterocycles. The van der Waals surface area contributed by atoms with Crippen molar-refractivity contribution in [3.63, 3.8) is 0 Å². The van der Waals surface area contributed by atoms with Crippen LogP contribution >= 0.6 is 11.8 Å². The van der Waals surface area contributed by atoms with Crippen molar-refractivity contribution in [1.29, 1.82) is 0 Å². The van der Waals surface area contributed by atoms with Crippen molar-refractivity contribution in [3.05, 3.63) is 23.9 Å². The molecular formula is C13H20N2OS. The summed E-state index contributed by atoms with van der Waals surface area (Å²) < 4.78 is 0. The monoisotopic (exact) mass is 252 g/mol. The predicted molar refractivity (Wildman–Crippen MR) is 75.1 cm³/mol. The Balaban J connectivity index is 2.81. The summed E-state index contributed by atoms with van der Waals surface area (Å²) in [6.07, 6.45) is 4.86. The van der Waals surface area contributed by atoms with Crippen molar-refractivity contribution in [2.24, 2.45) is 0 Å². The lowest BCUT2D eigenvalue weighted by Crippen LogP contribution is -2.33. The second kappa shape index (κ2) is 6.64. The number of rotatable bonds is 6. The number of ketones is 1. The van der Waals surface area contributed by atoms with Gasteiger partial charge < -0.3 is 4.90 Å². The molecule has 1 aromatic rings. The van der Waals surface area contributed by atoms with E-state index in [0.29, 0.717) is 11.6 Å². The molecule has 1 rings (SSSR count). The molecule has 4 heteroatoms. The van der Waals surface area contributed by atoms with Crippen molar-refractivity contribution in [2.75, 3.05) is 24.0 Å². The van der Waals surface area contributed by atoms with Gasteiger partial charge in [-0.1, -0.05) is 6.92 Å². The molecular weight excluding hydrogens is 232 g/mol. The molecule has 0 N–H and O–H groups in total. The Morgan fingerprint density at radius 3 is 2.65 bits per heavy atom. The molecule has 0 spiro atoms. The van der Waals surface area contributed by atoms with Gasteiger partial charge in [0.05, 0.1) is 0 Å². The Morgan fingerprint density at radius 1 is 1.53 bits per heavy atom. The van der Waals surface area contributed by atoms with Crippen molar-refractivity contribution < 1.29 is 4.79 Å². The summed E-state index contributed by atoms with van der Waals surface area (Å²) in [6, 6.07) is 4.24. The van der Waals surface area contributed by atoms with Gasteiger partial charge in [-0.3, -0.25) is 4.79 Å². The molecule has 0 fully saturated rings. The minimum atomic E-state index is 0.0582. The van der Waals surface area contributed by atoms with E-state index in [1.54, 1.807) is 13.1 Å². The van der Waals surface area contributed by atoms with Crippen LogP contribution in [-0.2, 0) is 0 Å². The van der Waals surface area contributed by atoms with Gasteiger partial charge in [0, 0.05) is 30.6 Å². The molecule has 0 aliphatic heterocycles. The van der Waals surface area contributed by atoms with Gasteiger partial charge in [-0.25, -0.2) is 4.98 Å². The van der Waals surface area contributed by atoms with Crippen LogP contribution in [0, 0.1) is 0 Å². The second-order valence-electron chi connectivity index (χ2n) is 4.09. The van der Waals surface area contributed by atoms with E-state index in [1.165, 1.54) is 0 Å². The zero-order chi connectivity index (χ0) is 12.8. The summed E-state index contributed by atoms with van der Waals surface area (Å²) in [5, 5.41) is 0. The minimum Gasteiger partial charge on any atom is -0.356 e. The third kappa shape index (κ3) is 3.73. The molecule has 1 unspecified atom stereocenters. The van der Waals surface area contributed by atoms with Crippen molar-refractivity contribution >= 4 is 23.4 Å². The highest BCUT2D eigenvalue weighted by molar-refractivity contribution is 7.98. The lowest BCUT2D eigenvalue weighted by molar-refractivity contribution is 0.101. The van der Waals surface area contributed by atoms with Crippen LogP contribution in [0.5, 0.6) is 0 Å². The van der Waals surface area contributed by atoms with Gasteiger partial charge in [-0.2, -0.15) is 11.8 Å². The predicted octanol–water partition coefficient (Wildman–Crippen LogP) is 2.86. The summed E-state index contributed by atoms with van der Waals surface area (Å²) in [6.45, 7) is 3.74. The van der Waals surface area contributed by atoms with Crippen LogP contribution in [0.4, 0.5) is 5.82 Å². The van der Waals surface area contributed by atoms with Gasteiger partial charge in [-0.05, 0) is 31.7 Å². The maximum atomic E-state index is 11.2. The number of anilines is 1. The van der Waals surface area contributed by atoms with E-state index >= 15 is 0 Å². The zero-order valence-electron chi connectivity index (χ0n) is 10.9. The molecule has 0 aromatic carbocycles. The summed E-state index contributed by atoms with van der Waals surface area (Å²) in [5.41, 5.74) is 0.667. The zero-order valence-corrected chi connectivity index (χ0v) is 11.8. The van der Waals surface area contributed by atoms with Crippen LogP contribution in [0.25, 0.3) is 0 Å². The molecule has 17 heavy (non-hydrogen) atoms. The maximum Gasteiger partial charge on any atom is 0.161 e. The highest BCUT2D eigenvalue weighted by Gasteiger charge is 2.13. The number of carbonyl (C=O) groups excluding carboxylic acids is 1. The molecule has 0 aliphatic carbocycles. The standard InChI is InChI=1S/C13H20N2OS/c1-5-12(9-17-4)15(3)13-7-6-11(8-14-13)10(2)16/h6-8,12H,5,9H2,1-4H3. The van der Waals surface area contributed by atoms with E-state index in [4.69, 9.17) is 0 Å². The van der Waals surface area contributed by atoms with Gasteiger partial charge >= 0.3 is 0 Å². The molecule has 1 aromatic heterocycles. The average Bonchev–Trinajstić information content (AvgIpc) is 2.35. The van der Waals surface area contributed by atoms with Crippen molar-refractivity contribution in [3.8, 4) is 0 Å². The van der Waals surface area contributed by atoms with Gasteiger partial charge in [0.1, 0.15) is 5.82 Å². The van der Waals surface area contributed by atoms with Gasteiger partial charge in [0.25, 0.3) is 0 Å². The molecule has 3 nitrogen and oxygen atoms in total. The number of hydrogen-bond acceptors (Lipinski definition) is 4. The lowest BCUT2D eigenvalue weighted by Gasteiger charge is -2.27. The number of Topliss-reactive ketones (excluding diaryl/α,β-unsaturated/α-hetero) is 1. The summed E-state index contributed by atoms with van der Waals surface area (Å²) in [4.78, 5) is 17.7. The average molecular weight is 252 g/mol. The number of hydrogen-bond donors (Lipinski definition) is 0. The Morgan fingerprint density at radius 2 is 2.24 bits per heavy atom.